The van der Waals surface area contributed by atoms with E-state index in [0.717, 1.165) is 12.4 Å². The Morgan fingerprint density at radius 3 is 2.35 bits per heavy atom. The van der Waals surface area contributed by atoms with Crippen molar-refractivity contribution < 1.29 is 14.8 Å². The molecule has 0 fully saturated rings. The van der Waals surface area contributed by atoms with E-state index in [1.807, 2.05) is 0 Å². The van der Waals surface area contributed by atoms with E-state index in [4.69, 9.17) is 5.11 Å². The zero-order chi connectivity index (χ0) is 13.0. The summed E-state index contributed by atoms with van der Waals surface area (Å²) in [6, 6.07) is -0.837. The van der Waals surface area contributed by atoms with E-state index in [1.165, 1.54) is 0 Å². The molecule has 0 unspecified atom stereocenters. The maximum atomic E-state index is 10.9. The number of aromatic nitrogens is 2. The van der Waals surface area contributed by atoms with Crippen LogP contribution in [0.4, 0.5) is 11.6 Å². The summed E-state index contributed by atoms with van der Waals surface area (Å²) in [5, 5.41) is 21.9. The van der Waals surface area contributed by atoms with Gasteiger partial charge in [0.05, 0.1) is 4.92 Å². The van der Waals surface area contributed by atoms with Crippen molar-refractivity contribution in [1.82, 2.24) is 9.97 Å². The summed E-state index contributed by atoms with van der Waals surface area (Å²) in [5.41, 5.74) is -0.244. The minimum absolute atomic E-state index is 0.0525. The molecule has 1 heterocycles. The van der Waals surface area contributed by atoms with Gasteiger partial charge in [0.1, 0.15) is 18.4 Å². The number of nitro groups is 1. The van der Waals surface area contributed by atoms with Crippen LogP contribution >= 0.6 is 0 Å². The average Bonchev–Trinajstić information content (AvgIpc) is 2.25. The smallest absolute Gasteiger partial charge is 0.326 e. The lowest BCUT2D eigenvalue weighted by molar-refractivity contribution is -0.385. The molecule has 0 aliphatic heterocycles. The van der Waals surface area contributed by atoms with Crippen molar-refractivity contribution in [2.45, 2.75) is 19.9 Å². The van der Waals surface area contributed by atoms with Crippen LogP contribution in [0.2, 0.25) is 0 Å². The molecule has 0 aromatic carbocycles. The molecule has 1 aromatic rings. The van der Waals surface area contributed by atoms with E-state index in [1.54, 1.807) is 13.8 Å². The number of carbonyl (C=O) groups is 1. The molecule has 0 aliphatic carbocycles. The van der Waals surface area contributed by atoms with Gasteiger partial charge in [0.2, 0.25) is 5.95 Å². The molecule has 2 N–H and O–H groups in total. The fourth-order valence-corrected chi connectivity index (χ4v) is 1.14. The van der Waals surface area contributed by atoms with E-state index < -0.39 is 16.9 Å². The number of rotatable bonds is 5. The van der Waals surface area contributed by atoms with Gasteiger partial charge in [-0.25, -0.2) is 14.8 Å². The first kappa shape index (κ1) is 12.8. The molecule has 0 aliphatic rings. The Balaban J connectivity index is 2.80. The second-order valence-corrected chi connectivity index (χ2v) is 3.73. The molecular formula is C9H12N4O4. The summed E-state index contributed by atoms with van der Waals surface area (Å²) < 4.78 is 0. The largest absolute Gasteiger partial charge is 0.480 e. The van der Waals surface area contributed by atoms with Gasteiger partial charge in [-0.05, 0) is 5.92 Å². The van der Waals surface area contributed by atoms with Crippen molar-refractivity contribution in [2.24, 2.45) is 5.92 Å². The normalized spacial score (nSPS) is 12.2. The highest BCUT2D eigenvalue weighted by molar-refractivity contribution is 5.76. The Hall–Kier alpha value is -2.25. The predicted octanol–water partition coefficient (Wildman–Crippen LogP) is 0.906. The number of aliphatic carboxylic acids is 1. The molecule has 0 bridgehead atoms. The molecule has 0 radical (unpaired) electrons. The zero-order valence-electron chi connectivity index (χ0n) is 9.32. The fraction of sp³-hybridized carbons (Fsp3) is 0.444. The number of hydrogen-bond donors (Lipinski definition) is 2. The molecule has 0 spiro atoms. The molecule has 8 nitrogen and oxygen atoms in total. The van der Waals surface area contributed by atoms with Gasteiger partial charge in [-0.3, -0.25) is 10.1 Å². The predicted molar refractivity (Wildman–Crippen MR) is 58.6 cm³/mol. The molecular weight excluding hydrogens is 228 g/mol. The van der Waals surface area contributed by atoms with E-state index >= 15 is 0 Å². The summed E-state index contributed by atoms with van der Waals surface area (Å²) in [5.74, 6) is -1.13. The highest BCUT2D eigenvalue weighted by atomic mass is 16.6. The molecule has 1 atom stereocenters. The number of carboxylic acid groups (broad SMARTS) is 1. The summed E-state index contributed by atoms with van der Waals surface area (Å²) in [6.45, 7) is 3.47. The van der Waals surface area contributed by atoms with Crippen molar-refractivity contribution in [1.29, 1.82) is 0 Å². The van der Waals surface area contributed by atoms with Gasteiger partial charge in [-0.15, -0.1) is 0 Å². The topological polar surface area (TPSA) is 118 Å². The van der Waals surface area contributed by atoms with Crippen molar-refractivity contribution in [3.05, 3.63) is 22.5 Å². The van der Waals surface area contributed by atoms with Gasteiger partial charge >= 0.3 is 11.7 Å². The fourth-order valence-electron chi connectivity index (χ4n) is 1.14. The lowest BCUT2D eigenvalue weighted by Gasteiger charge is -2.17. The van der Waals surface area contributed by atoms with E-state index in [9.17, 15) is 14.9 Å². The number of anilines is 1. The Bertz CT molecular complexity index is 418. The zero-order valence-corrected chi connectivity index (χ0v) is 9.32. The van der Waals surface area contributed by atoms with Crippen LogP contribution in [0, 0.1) is 16.0 Å². The first-order valence-electron chi connectivity index (χ1n) is 4.87. The molecule has 1 rings (SSSR count). The van der Waals surface area contributed by atoms with Crippen molar-refractivity contribution in [2.75, 3.05) is 5.32 Å². The first-order chi connectivity index (χ1) is 7.91. The van der Waals surface area contributed by atoms with Crippen molar-refractivity contribution in [3.8, 4) is 0 Å². The minimum atomic E-state index is -1.03. The average molecular weight is 240 g/mol. The molecule has 0 amide bonds. The maximum absolute atomic E-state index is 10.9. The van der Waals surface area contributed by atoms with Gasteiger partial charge in [0.25, 0.3) is 0 Å². The SMILES string of the molecule is CC(C)[C@H](Nc1ncc([N+](=O)[O-])cn1)C(=O)O. The van der Waals surface area contributed by atoms with Crippen LogP contribution in [0.15, 0.2) is 12.4 Å². The van der Waals surface area contributed by atoms with Crippen molar-refractivity contribution >= 4 is 17.6 Å². The second kappa shape index (κ2) is 5.19. The number of nitrogens with zero attached hydrogens (tertiary/aromatic N) is 3. The van der Waals surface area contributed by atoms with E-state index in [2.05, 4.69) is 15.3 Å². The molecule has 0 saturated carbocycles. The van der Waals surface area contributed by atoms with E-state index in [0.29, 0.717) is 0 Å². The first-order valence-corrected chi connectivity index (χ1v) is 4.87. The number of carboxylic acids is 1. The lowest BCUT2D eigenvalue weighted by Crippen LogP contribution is -2.34. The third-order valence-corrected chi connectivity index (χ3v) is 2.07. The second-order valence-electron chi connectivity index (χ2n) is 3.73. The van der Waals surface area contributed by atoms with Crippen LogP contribution < -0.4 is 5.32 Å². The lowest BCUT2D eigenvalue weighted by atomic mass is 10.1. The van der Waals surface area contributed by atoms with Crippen LogP contribution in [0.3, 0.4) is 0 Å². The quantitative estimate of drug-likeness (QED) is 0.579. The third-order valence-electron chi connectivity index (χ3n) is 2.07. The maximum Gasteiger partial charge on any atom is 0.326 e. The van der Waals surface area contributed by atoms with Gasteiger partial charge in [0.15, 0.2) is 0 Å². The van der Waals surface area contributed by atoms with Gasteiger partial charge < -0.3 is 10.4 Å². The third kappa shape index (κ3) is 3.37. The Morgan fingerprint density at radius 2 is 2.00 bits per heavy atom. The monoisotopic (exact) mass is 240 g/mol. The molecule has 17 heavy (non-hydrogen) atoms. The van der Waals surface area contributed by atoms with Crippen molar-refractivity contribution in [3.63, 3.8) is 0 Å². The van der Waals surface area contributed by atoms with Gasteiger partial charge in [0, 0.05) is 0 Å². The van der Waals surface area contributed by atoms with Crippen LogP contribution in [0.5, 0.6) is 0 Å². The Kier molecular flexibility index (Phi) is 3.91. The molecule has 92 valence electrons. The summed E-state index contributed by atoms with van der Waals surface area (Å²) in [6.07, 6.45) is 2.04. The van der Waals surface area contributed by atoms with Crippen LogP contribution in [0.25, 0.3) is 0 Å². The number of nitrogens with one attached hydrogen (secondary N) is 1. The molecule has 8 heteroatoms. The van der Waals surface area contributed by atoms with Crippen LogP contribution in [-0.2, 0) is 4.79 Å². The number of hydrogen-bond acceptors (Lipinski definition) is 6. The minimum Gasteiger partial charge on any atom is -0.480 e. The van der Waals surface area contributed by atoms with Gasteiger partial charge in [-0.2, -0.15) is 0 Å². The standard InChI is InChI=1S/C9H12N4O4/c1-5(2)7(8(14)15)12-9-10-3-6(4-11-9)13(16)17/h3-5,7H,1-2H3,(H,14,15)(H,10,11,12)/t7-/m0/s1. The molecule has 1 aromatic heterocycles. The summed E-state index contributed by atoms with van der Waals surface area (Å²) in [7, 11) is 0. The highest BCUT2D eigenvalue weighted by Gasteiger charge is 2.22. The van der Waals surface area contributed by atoms with E-state index in [-0.39, 0.29) is 17.6 Å². The summed E-state index contributed by atoms with van der Waals surface area (Å²) >= 11 is 0. The summed E-state index contributed by atoms with van der Waals surface area (Å²) in [4.78, 5) is 28.0. The van der Waals surface area contributed by atoms with Gasteiger partial charge in [-0.1, -0.05) is 13.8 Å². The highest BCUT2D eigenvalue weighted by Crippen LogP contribution is 2.11. The van der Waals surface area contributed by atoms with Crippen LogP contribution in [0.1, 0.15) is 13.8 Å². The molecule has 0 saturated heterocycles. The Labute approximate surface area is 96.9 Å². The van der Waals surface area contributed by atoms with Crippen LogP contribution in [-0.4, -0.2) is 32.0 Å². The Morgan fingerprint density at radius 1 is 1.47 bits per heavy atom.